The van der Waals surface area contributed by atoms with Crippen molar-refractivity contribution in [2.24, 2.45) is 0 Å². The maximum absolute atomic E-state index is 12.3. The van der Waals surface area contributed by atoms with Gasteiger partial charge in [-0.05, 0) is 42.8 Å². The van der Waals surface area contributed by atoms with Crippen LogP contribution in [0.2, 0.25) is 0 Å². The molecule has 0 saturated carbocycles. The summed E-state index contributed by atoms with van der Waals surface area (Å²) in [5.41, 5.74) is 2.68. The van der Waals surface area contributed by atoms with Crippen molar-refractivity contribution in [3.63, 3.8) is 0 Å². The molecule has 3 aromatic rings. The van der Waals surface area contributed by atoms with Crippen LogP contribution in [0.15, 0.2) is 55.0 Å². The number of carbonyl (C=O) groups is 1. The Kier molecular flexibility index (Phi) is 3.21. The molecule has 0 fully saturated rings. The average Bonchev–Trinajstić information content (AvgIpc) is 2.95. The summed E-state index contributed by atoms with van der Waals surface area (Å²) in [6, 6.07) is 11.3. The molecule has 4 heteroatoms. The minimum atomic E-state index is -0.0792. The molecule has 0 aliphatic carbocycles. The standard InChI is InChI=1S/C16H15N3O/c1-11(14-3-2-7-17-10-14)19-16(20)13-4-5-15-12(9-13)6-8-18-15/h2-11,18H,1H3,(H,19,20). The van der Waals surface area contributed by atoms with Crippen molar-refractivity contribution in [2.45, 2.75) is 13.0 Å². The summed E-state index contributed by atoms with van der Waals surface area (Å²) in [5, 5.41) is 4.01. The Hall–Kier alpha value is -2.62. The van der Waals surface area contributed by atoms with Gasteiger partial charge in [-0.15, -0.1) is 0 Å². The van der Waals surface area contributed by atoms with E-state index in [-0.39, 0.29) is 11.9 Å². The van der Waals surface area contributed by atoms with E-state index >= 15 is 0 Å². The summed E-state index contributed by atoms with van der Waals surface area (Å²) in [6.07, 6.45) is 5.35. The highest BCUT2D eigenvalue weighted by molar-refractivity contribution is 5.98. The summed E-state index contributed by atoms with van der Waals surface area (Å²) in [4.78, 5) is 19.4. The lowest BCUT2D eigenvalue weighted by molar-refractivity contribution is 0.0940. The molecule has 4 nitrogen and oxygen atoms in total. The molecule has 0 radical (unpaired) electrons. The molecule has 3 rings (SSSR count). The molecule has 1 atom stereocenters. The van der Waals surface area contributed by atoms with Gasteiger partial charge in [0.15, 0.2) is 0 Å². The minimum Gasteiger partial charge on any atom is -0.361 e. The number of aromatic amines is 1. The van der Waals surface area contributed by atoms with Gasteiger partial charge in [-0.2, -0.15) is 0 Å². The molecule has 0 saturated heterocycles. The maximum Gasteiger partial charge on any atom is 0.251 e. The normalized spacial score (nSPS) is 12.2. The summed E-state index contributed by atoms with van der Waals surface area (Å²) in [7, 11) is 0. The average molecular weight is 265 g/mol. The third kappa shape index (κ3) is 2.40. The minimum absolute atomic E-state index is 0.0712. The molecule has 0 bridgehead atoms. The van der Waals surface area contributed by atoms with Gasteiger partial charge >= 0.3 is 0 Å². The Morgan fingerprint density at radius 2 is 2.20 bits per heavy atom. The molecule has 100 valence electrons. The topological polar surface area (TPSA) is 57.8 Å². The molecule has 2 N–H and O–H groups in total. The van der Waals surface area contributed by atoms with Gasteiger partial charge in [0.25, 0.3) is 5.91 Å². The van der Waals surface area contributed by atoms with Gasteiger partial charge in [0.1, 0.15) is 0 Å². The van der Waals surface area contributed by atoms with Crippen LogP contribution in [0.5, 0.6) is 0 Å². The highest BCUT2D eigenvalue weighted by Crippen LogP contribution is 2.16. The quantitative estimate of drug-likeness (QED) is 0.764. The number of benzene rings is 1. The molecule has 0 spiro atoms. The van der Waals surface area contributed by atoms with Crippen LogP contribution >= 0.6 is 0 Å². The maximum atomic E-state index is 12.3. The van der Waals surface area contributed by atoms with Gasteiger partial charge in [0.2, 0.25) is 0 Å². The van der Waals surface area contributed by atoms with E-state index < -0.39 is 0 Å². The fourth-order valence-corrected chi connectivity index (χ4v) is 2.19. The van der Waals surface area contributed by atoms with Crippen LogP contribution in [0.3, 0.4) is 0 Å². The van der Waals surface area contributed by atoms with E-state index in [2.05, 4.69) is 15.3 Å². The van der Waals surface area contributed by atoms with Crippen molar-refractivity contribution < 1.29 is 4.79 Å². The first-order valence-electron chi connectivity index (χ1n) is 6.52. The second-order valence-electron chi connectivity index (χ2n) is 4.76. The van der Waals surface area contributed by atoms with Crippen LogP contribution in [0.25, 0.3) is 10.9 Å². The largest absolute Gasteiger partial charge is 0.361 e. The van der Waals surface area contributed by atoms with E-state index in [0.717, 1.165) is 16.5 Å². The predicted molar refractivity (Wildman–Crippen MR) is 78.4 cm³/mol. The van der Waals surface area contributed by atoms with Gasteiger partial charge in [0.05, 0.1) is 6.04 Å². The van der Waals surface area contributed by atoms with Gasteiger partial charge in [-0.25, -0.2) is 0 Å². The van der Waals surface area contributed by atoms with Crippen LogP contribution in [-0.4, -0.2) is 15.9 Å². The number of nitrogens with zero attached hydrogens (tertiary/aromatic N) is 1. The molecule has 1 aromatic carbocycles. The highest BCUT2D eigenvalue weighted by Gasteiger charge is 2.11. The number of amides is 1. The molecule has 1 amide bonds. The molecule has 0 aliphatic rings. The predicted octanol–water partition coefficient (Wildman–Crippen LogP) is 3.05. The molecular formula is C16H15N3O. The lowest BCUT2D eigenvalue weighted by Crippen LogP contribution is -2.26. The third-order valence-corrected chi connectivity index (χ3v) is 3.35. The molecule has 2 heterocycles. The number of hydrogen-bond acceptors (Lipinski definition) is 2. The number of hydrogen-bond donors (Lipinski definition) is 2. The van der Waals surface area contributed by atoms with Crippen LogP contribution in [-0.2, 0) is 0 Å². The summed E-state index contributed by atoms with van der Waals surface area (Å²) in [6.45, 7) is 1.95. The molecular weight excluding hydrogens is 250 g/mol. The molecule has 2 aromatic heterocycles. The van der Waals surface area contributed by atoms with Crippen LogP contribution < -0.4 is 5.32 Å². The molecule has 1 unspecified atom stereocenters. The SMILES string of the molecule is CC(NC(=O)c1ccc2[nH]ccc2c1)c1cccnc1. The van der Waals surface area contributed by atoms with E-state index in [1.807, 2.05) is 49.5 Å². The highest BCUT2D eigenvalue weighted by atomic mass is 16.1. The smallest absolute Gasteiger partial charge is 0.251 e. The van der Waals surface area contributed by atoms with Crippen molar-refractivity contribution in [1.29, 1.82) is 0 Å². The number of pyridine rings is 1. The second kappa shape index (κ2) is 5.17. The first kappa shape index (κ1) is 12.4. The van der Waals surface area contributed by atoms with Crippen molar-refractivity contribution >= 4 is 16.8 Å². The second-order valence-corrected chi connectivity index (χ2v) is 4.76. The molecule has 0 aliphatic heterocycles. The Bertz CT molecular complexity index is 734. The zero-order valence-electron chi connectivity index (χ0n) is 11.1. The van der Waals surface area contributed by atoms with Crippen molar-refractivity contribution in [3.8, 4) is 0 Å². The number of rotatable bonds is 3. The first-order chi connectivity index (χ1) is 9.74. The van der Waals surface area contributed by atoms with Crippen LogP contribution in [0, 0.1) is 0 Å². The first-order valence-corrected chi connectivity index (χ1v) is 6.52. The Balaban J connectivity index is 1.78. The van der Waals surface area contributed by atoms with Crippen LogP contribution in [0.1, 0.15) is 28.9 Å². The van der Waals surface area contributed by atoms with E-state index in [4.69, 9.17) is 0 Å². The number of nitrogens with one attached hydrogen (secondary N) is 2. The van der Waals surface area contributed by atoms with E-state index in [9.17, 15) is 4.79 Å². The Morgan fingerprint density at radius 3 is 3.00 bits per heavy atom. The fourth-order valence-electron chi connectivity index (χ4n) is 2.19. The molecule has 20 heavy (non-hydrogen) atoms. The number of fused-ring (bicyclic) bond motifs is 1. The lowest BCUT2D eigenvalue weighted by atomic mass is 10.1. The van der Waals surface area contributed by atoms with Crippen molar-refractivity contribution in [3.05, 3.63) is 66.1 Å². The van der Waals surface area contributed by atoms with E-state index in [0.29, 0.717) is 5.56 Å². The van der Waals surface area contributed by atoms with Gasteiger partial charge in [-0.3, -0.25) is 9.78 Å². The van der Waals surface area contributed by atoms with Gasteiger partial charge in [0, 0.05) is 35.1 Å². The van der Waals surface area contributed by atoms with E-state index in [1.54, 1.807) is 12.4 Å². The Morgan fingerprint density at radius 1 is 1.30 bits per heavy atom. The number of aromatic nitrogens is 2. The zero-order valence-corrected chi connectivity index (χ0v) is 11.1. The summed E-state index contributed by atoms with van der Waals surface area (Å²) in [5.74, 6) is -0.0792. The van der Waals surface area contributed by atoms with Gasteiger partial charge in [-0.1, -0.05) is 6.07 Å². The zero-order chi connectivity index (χ0) is 13.9. The lowest BCUT2D eigenvalue weighted by Gasteiger charge is -2.13. The summed E-state index contributed by atoms with van der Waals surface area (Å²) < 4.78 is 0. The fraction of sp³-hybridized carbons (Fsp3) is 0.125. The number of carbonyl (C=O) groups excluding carboxylic acids is 1. The van der Waals surface area contributed by atoms with E-state index in [1.165, 1.54) is 0 Å². The van der Waals surface area contributed by atoms with Crippen molar-refractivity contribution in [1.82, 2.24) is 15.3 Å². The Labute approximate surface area is 116 Å². The monoisotopic (exact) mass is 265 g/mol. The third-order valence-electron chi connectivity index (χ3n) is 3.35. The van der Waals surface area contributed by atoms with Gasteiger partial charge < -0.3 is 10.3 Å². The summed E-state index contributed by atoms with van der Waals surface area (Å²) >= 11 is 0. The van der Waals surface area contributed by atoms with Crippen LogP contribution in [0.4, 0.5) is 0 Å². The number of H-pyrrole nitrogens is 1. The van der Waals surface area contributed by atoms with Crippen molar-refractivity contribution in [2.75, 3.05) is 0 Å².